The standard InChI is InChI=1S/C22H21N5O2S/c1-22(2,3)17-9-5-16(6-10-17)20-24-25-21(26(20)4)30-19(13-14-23)15-7-11-18(12-8-15)27(28)29/h5-13H,1-4H3/b19-13-. The van der Waals surface area contributed by atoms with Crippen LogP contribution in [0.1, 0.15) is 31.9 Å². The molecule has 3 rings (SSSR count). The average Bonchev–Trinajstić information content (AvgIpc) is 3.07. The van der Waals surface area contributed by atoms with Gasteiger partial charge in [0.05, 0.1) is 11.0 Å². The Bertz CT molecular complexity index is 1130. The highest BCUT2D eigenvalue weighted by Gasteiger charge is 2.17. The molecule has 30 heavy (non-hydrogen) atoms. The largest absolute Gasteiger partial charge is 0.305 e. The van der Waals surface area contributed by atoms with E-state index in [1.54, 1.807) is 12.1 Å². The molecular weight excluding hydrogens is 398 g/mol. The summed E-state index contributed by atoms with van der Waals surface area (Å²) in [4.78, 5) is 11.1. The lowest BCUT2D eigenvalue weighted by Gasteiger charge is -2.19. The zero-order valence-electron chi connectivity index (χ0n) is 17.2. The Morgan fingerprint density at radius 3 is 2.30 bits per heavy atom. The summed E-state index contributed by atoms with van der Waals surface area (Å²) in [6.07, 6.45) is 1.40. The van der Waals surface area contributed by atoms with Crippen molar-refractivity contribution in [3.05, 3.63) is 75.8 Å². The summed E-state index contributed by atoms with van der Waals surface area (Å²) in [6, 6.07) is 16.3. The molecule has 0 N–H and O–H groups in total. The van der Waals surface area contributed by atoms with Gasteiger partial charge in [-0.1, -0.05) is 45.0 Å². The van der Waals surface area contributed by atoms with Crippen LogP contribution < -0.4 is 0 Å². The molecule has 1 heterocycles. The monoisotopic (exact) mass is 419 g/mol. The molecule has 0 saturated carbocycles. The van der Waals surface area contributed by atoms with Gasteiger partial charge in [-0.3, -0.25) is 10.1 Å². The number of hydrogen-bond donors (Lipinski definition) is 0. The first-order chi connectivity index (χ1) is 14.2. The van der Waals surface area contributed by atoms with Crippen LogP contribution in [-0.4, -0.2) is 19.7 Å². The van der Waals surface area contributed by atoms with Crippen LogP contribution in [0.15, 0.2) is 59.8 Å². The Balaban J connectivity index is 1.88. The van der Waals surface area contributed by atoms with E-state index in [1.165, 1.54) is 35.5 Å². The van der Waals surface area contributed by atoms with E-state index in [4.69, 9.17) is 0 Å². The number of nitrogens with zero attached hydrogens (tertiary/aromatic N) is 5. The van der Waals surface area contributed by atoms with Crippen molar-refractivity contribution >= 4 is 22.4 Å². The van der Waals surface area contributed by atoms with Crippen LogP contribution >= 0.6 is 11.8 Å². The number of rotatable bonds is 5. The van der Waals surface area contributed by atoms with Crippen LogP contribution in [0.5, 0.6) is 0 Å². The van der Waals surface area contributed by atoms with Gasteiger partial charge in [-0.2, -0.15) is 5.26 Å². The van der Waals surface area contributed by atoms with Gasteiger partial charge >= 0.3 is 0 Å². The Hall–Kier alpha value is -3.44. The Labute approximate surface area is 179 Å². The quantitative estimate of drug-likeness (QED) is 0.239. The van der Waals surface area contributed by atoms with Crippen molar-refractivity contribution in [3.63, 3.8) is 0 Å². The highest BCUT2D eigenvalue weighted by atomic mass is 32.2. The molecule has 0 aliphatic rings. The summed E-state index contributed by atoms with van der Waals surface area (Å²) in [6.45, 7) is 6.50. The fraction of sp³-hybridized carbons (Fsp3) is 0.227. The van der Waals surface area contributed by atoms with Gasteiger partial charge < -0.3 is 4.57 Å². The van der Waals surface area contributed by atoms with E-state index in [0.29, 0.717) is 15.6 Å². The first-order valence-electron chi connectivity index (χ1n) is 9.23. The highest BCUT2D eigenvalue weighted by molar-refractivity contribution is 8.08. The minimum atomic E-state index is -0.454. The van der Waals surface area contributed by atoms with E-state index in [2.05, 4.69) is 43.1 Å². The van der Waals surface area contributed by atoms with E-state index >= 15 is 0 Å². The molecule has 0 unspecified atom stereocenters. The maximum atomic E-state index is 10.9. The molecule has 0 saturated heterocycles. The molecule has 152 valence electrons. The van der Waals surface area contributed by atoms with Gasteiger partial charge in [0.15, 0.2) is 11.0 Å². The predicted molar refractivity (Wildman–Crippen MR) is 118 cm³/mol. The molecule has 0 aliphatic heterocycles. The zero-order chi connectivity index (χ0) is 21.9. The number of non-ortho nitro benzene ring substituents is 1. The van der Waals surface area contributed by atoms with Crippen molar-refractivity contribution in [2.45, 2.75) is 31.3 Å². The van der Waals surface area contributed by atoms with E-state index < -0.39 is 4.92 Å². The molecule has 0 amide bonds. The normalized spacial score (nSPS) is 11.9. The number of nitro benzene ring substituents is 1. The van der Waals surface area contributed by atoms with Crippen molar-refractivity contribution in [1.29, 1.82) is 5.26 Å². The van der Waals surface area contributed by atoms with Crippen molar-refractivity contribution < 1.29 is 4.92 Å². The Morgan fingerprint density at radius 2 is 1.77 bits per heavy atom. The van der Waals surface area contributed by atoms with Gasteiger partial charge in [-0.05, 0) is 40.4 Å². The second-order valence-electron chi connectivity index (χ2n) is 7.74. The lowest BCUT2D eigenvalue weighted by Crippen LogP contribution is -2.10. The summed E-state index contributed by atoms with van der Waals surface area (Å²) >= 11 is 1.29. The molecule has 0 radical (unpaired) electrons. The number of nitriles is 1. The van der Waals surface area contributed by atoms with E-state index in [9.17, 15) is 15.4 Å². The topological polar surface area (TPSA) is 97.6 Å². The molecular formula is C22H21N5O2S. The number of thioether (sulfide) groups is 1. The molecule has 1 aromatic heterocycles. The Morgan fingerprint density at radius 1 is 1.13 bits per heavy atom. The fourth-order valence-electron chi connectivity index (χ4n) is 2.85. The smallest absolute Gasteiger partial charge is 0.269 e. The molecule has 0 spiro atoms. The fourth-order valence-corrected chi connectivity index (χ4v) is 3.72. The Kier molecular flexibility index (Phi) is 6.04. The highest BCUT2D eigenvalue weighted by Crippen LogP contribution is 2.35. The third-order valence-electron chi connectivity index (χ3n) is 4.60. The first kappa shape index (κ1) is 21.3. The minimum Gasteiger partial charge on any atom is -0.305 e. The van der Waals surface area contributed by atoms with Crippen LogP contribution in [-0.2, 0) is 12.5 Å². The predicted octanol–water partition coefficient (Wildman–Crippen LogP) is 5.34. The lowest BCUT2D eigenvalue weighted by molar-refractivity contribution is -0.384. The zero-order valence-corrected chi connectivity index (χ0v) is 18.0. The third kappa shape index (κ3) is 4.58. The van der Waals surface area contributed by atoms with Crippen LogP contribution in [0.4, 0.5) is 5.69 Å². The molecule has 0 atom stereocenters. The number of benzene rings is 2. The van der Waals surface area contributed by atoms with E-state index in [1.807, 2.05) is 29.8 Å². The van der Waals surface area contributed by atoms with Gasteiger partial charge in [0.1, 0.15) is 0 Å². The van der Waals surface area contributed by atoms with Gasteiger partial charge in [0, 0.05) is 35.7 Å². The van der Waals surface area contributed by atoms with Crippen molar-refractivity contribution in [3.8, 4) is 17.5 Å². The van der Waals surface area contributed by atoms with E-state index in [0.717, 1.165) is 11.4 Å². The third-order valence-corrected chi connectivity index (χ3v) is 5.72. The number of hydrogen-bond acceptors (Lipinski definition) is 6. The minimum absolute atomic E-state index is 0.000272. The van der Waals surface area contributed by atoms with Gasteiger partial charge in [-0.15, -0.1) is 10.2 Å². The first-order valence-corrected chi connectivity index (χ1v) is 10.0. The van der Waals surface area contributed by atoms with Crippen LogP contribution in [0.3, 0.4) is 0 Å². The molecule has 3 aromatic rings. The van der Waals surface area contributed by atoms with Crippen LogP contribution in [0, 0.1) is 21.4 Å². The molecule has 2 aromatic carbocycles. The maximum absolute atomic E-state index is 10.9. The average molecular weight is 420 g/mol. The number of nitro groups is 1. The van der Waals surface area contributed by atoms with Crippen molar-refractivity contribution in [2.75, 3.05) is 0 Å². The van der Waals surface area contributed by atoms with Crippen molar-refractivity contribution in [1.82, 2.24) is 14.8 Å². The molecule has 8 heteroatoms. The van der Waals surface area contributed by atoms with Gasteiger partial charge in [0.25, 0.3) is 5.69 Å². The van der Waals surface area contributed by atoms with Crippen molar-refractivity contribution in [2.24, 2.45) is 7.05 Å². The lowest BCUT2D eigenvalue weighted by atomic mass is 9.87. The summed E-state index contributed by atoms with van der Waals surface area (Å²) in [5.41, 5.74) is 2.96. The molecule has 0 fully saturated rings. The van der Waals surface area contributed by atoms with E-state index in [-0.39, 0.29) is 11.1 Å². The summed E-state index contributed by atoms with van der Waals surface area (Å²) in [5, 5.41) is 29.2. The number of allylic oxidation sites excluding steroid dienone is 1. The van der Waals surface area contributed by atoms with Crippen LogP contribution in [0.2, 0.25) is 0 Å². The number of aromatic nitrogens is 3. The van der Waals surface area contributed by atoms with Gasteiger partial charge in [-0.25, -0.2) is 0 Å². The second kappa shape index (κ2) is 8.51. The molecule has 7 nitrogen and oxygen atoms in total. The molecule has 0 bridgehead atoms. The van der Waals surface area contributed by atoms with Crippen LogP contribution in [0.25, 0.3) is 16.3 Å². The molecule has 0 aliphatic carbocycles. The second-order valence-corrected chi connectivity index (χ2v) is 8.75. The summed E-state index contributed by atoms with van der Waals surface area (Å²) in [5.74, 6) is 0.720. The summed E-state index contributed by atoms with van der Waals surface area (Å²) < 4.78 is 1.87. The SMILES string of the molecule is Cn1c(S/C(=C\C#N)c2ccc([N+](=O)[O-])cc2)nnc1-c1ccc(C(C)(C)C)cc1. The van der Waals surface area contributed by atoms with Gasteiger partial charge in [0.2, 0.25) is 0 Å². The maximum Gasteiger partial charge on any atom is 0.269 e. The summed E-state index contributed by atoms with van der Waals surface area (Å²) in [7, 11) is 1.87.